The molecule has 1 fully saturated rings. The molecule has 1 saturated heterocycles. The molecule has 0 radical (unpaired) electrons. The van der Waals surface area contributed by atoms with Crippen LogP contribution in [0.2, 0.25) is 0 Å². The Labute approximate surface area is 198 Å². The summed E-state index contributed by atoms with van der Waals surface area (Å²) in [6.07, 6.45) is -5.59. The lowest BCUT2D eigenvalue weighted by atomic mass is 9.95. The van der Waals surface area contributed by atoms with Crippen LogP contribution in [0.1, 0.15) is 38.1 Å². The highest BCUT2D eigenvalue weighted by Gasteiger charge is 2.52. The summed E-state index contributed by atoms with van der Waals surface area (Å²) in [5, 5.41) is 13.4. The minimum Gasteiger partial charge on any atom is -0.463 e. The molecule has 190 valence electrons. The third-order valence-corrected chi connectivity index (χ3v) is 4.62. The van der Waals surface area contributed by atoms with Gasteiger partial charge in [0.2, 0.25) is 6.29 Å². The van der Waals surface area contributed by atoms with E-state index in [-0.39, 0.29) is 11.3 Å². The third-order valence-electron chi connectivity index (χ3n) is 4.62. The maximum Gasteiger partial charge on any atom is 0.305 e. The molecule has 0 aromatic heterocycles. The second kappa shape index (κ2) is 11.9. The van der Waals surface area contributed by atoms with Crippen LogP contribution in [0.4, 0.5) is 5.69 Å². The van der Waals surface area contributed by atoms with Gasteiger partial charge >= 0.3 is 23.9 Å². The molecule has 1 heterocycles. The maximum absolute atomic E-state index is 12.9. The van der Waals surface area contributed by atoms with Gasteiger partial charge in [0.05, 0.1) is 4.92 Å². The number of esters is 4. The predicted molar refractivity (Wildman–Crippen MR) is 113 cm³/mol. The minimum atomic E-state index is -1.55. The molecule has 1 amide bonds. The second-order valence-electron chi connectivity index (χ2n) is 7.41. The van der Waals surface area contributed by atoms with Gasteiger partial charge in [-0.3, -0.25) is 34.1 Å². The molecule has 0 saturated carbocycles. The monoisotopic (exact) mass is 496 g/mol. The zero-order valence-corrected chi connectivity index (χ0v) is 19.2. The highest BCUT2D eigenvalue weighted by atomic mass is 16.7. The summed E-state index contributed by atoms with van der Waals surface area (Å²) in [5.41, 5.74) is -0.258. The van der Waals surface area contributed by atoms with Gasteiger partial charge in [-0.05, 0) is 12.1 Å². The summed E-state index contributed by atoms with van der Waals surface area (Å²) >= 11 is 0. The Balaban J connectivity index is 2.44. The first-order valence-electron chi connectivity index (χ1n) is 10.2. The van der Waals surface area contributed by atoms with Gasteiger partial charge in [0.1, 0.15) is 18.8 Å². The van der Waals surface area contributed by atoms with E-state index in [1.54, 1.807) is 0 Å². The van der Waals surface area contributed by atoms with Crippen LogP contribution in [0.15, 0.2) is 24.3 Å². The lowest BCUT2D eigenvalue weighted by Gasteiger charge is -2.44. The number of non-ortho nitro benzene ring substituents is 1. The lowest BCUT2D eigenvalue weighted by Crippen LogP contribution is -2.67. The van der Waals surface area contributed by atoms with Crippen molar-refractivity contribution in [1.82, 2.24) is 5.32 Å². The number of amides is 1. The molecule has 1 unspecified atom stereocenters. The number of nitrogens with one attached hydrogen (secondary N) is 1. The van der Waals surface area contributed by atoms with Crippen molar-refractivity contribution in [2.75, 3.05) is 6.61 Å². The largest absolute Gasteiger partial charge is 0.463 e. The number of ether oxygens (including phenoxy) is 5. The summed E-state index contributed by atoms with van der Waals surface area (Å²) in [7, 11) is 0. The molecule has 14 nitrogen and oxygen atoms in total. The highest BCUT2D eigenvalue weighted by Crippen LogP contribution is 2.28. The summed E-state index contributed by atoms with van der Waals surface area (Å²) < 4.78 is 26.4. The van der Waals surface area contributed by atoms with Crippen LogP contribution >= 0.6 is 0 Å². The summed E-state index contributed by atoms with van der Waals surface area (Å²) in [6, 6.07) is 3.20. The van der Waals surface area contributed by atoms with Gasteiger partial charge in [0, 0.05) is 45.4 Å². The molecular formula is C21H24N2O12. The fourth-order valence-corrected chi connectivity index (χ4v) is 3.29. The Bertz CT molecular complexity index is 993. The van der Waals surface area contributed by atoms with Crippen molar-refractivity contribution < 1.29 is 52.6 Å². The van der Waals surface area contributed by atoms with Gasteiger partial charge in [-0.25, -0.2) is 0 Å². The van der Waals surface area contributed by atoms with Crippen molar-refractivity contribution in [3.8, 4) is 0 Å². The number of hydrogen-bond acceptors (Lipinski definition) is 12. The Hall–Kier alpha value is -4.07. The topological polar surface area (TPSA) is 187 Å². The zero-order valence-electron chi connectivity index (χ0n) is 19.2. The summed E-state index contributed by atoms with van der Waals surface area (Å²) in [5.74, 6) is -3.91. The van der Waals surface area contributed by atoms with E-state index in [4.69, 9.17) is 23.7 Å². The smallest absolute Gasteiger partial charge is 0.305 e. The van der Waals surface area contributed by atoms with E-state index in [2.05, 4.69) is 5.32 Å². The van der Waals surface area contributed by atoms with E-state index in [9.17, 15) is 34.1 Å². The third kappa shape index (κ3) is 7.74. The number of hydrogen-bond donors (Lipinski definition) is 1. The number of nitro benzene ring substituents is 1. The number of nitrogens with zero attached hydrogens (tertiary/aromatic N) is 1. The van der Waals surface area contributed by atoms with Crippen molar-refractivity contribution in [2.24, 2.45) is 0 Å². The van der Waals surface area contributed by atoms with Crippen molar-refractivity contribution in [3.05, 3.63) is 39.9 Å². The van der Waals surface area contributed by atoms with E-state index < -0.39 is 72.0 Å². The van der Waals surface area contributed by atoms with Gasteiger partial charge in [0.25, 0.3) is 11.6 Å². The van der Waals surface area contributed by atoms with Crippen LogP contribution in [-0.2, 0) is 42.9 Å². The maximum atomic E-state index is 12.9. The fraction of sp³-hybridized carbons (Fsp3) is 0.476. The predicted octanol–water partition coefficient (Wildman–Crippen LogP) is 0.408. The number of carbonyl (C=O) groups is 5. The molecule has 0 aliphatic carbocycles. The molecule has 1 aromatic rings. The Morgan fingerprint density at radius 2 is 1.43 bits per heavy atom. The van der Waals surface area contributed by atoms with Crippen LogP contribution in [0.3, 0.4) is 0 Å². The molecule has 5 atom stereocenters. The van der Waals surface area contributed by atoms with E-state index in [1.165, 1.54) is 12.1 Å². The normalized spacial score (nSPS) is 23.4. The van der Waals surface area contributed by atoms with E-state index in [1.807, 2.05) is 0 Å². The number of benzene rings is 1. The number of carbonyl (C=O) groups excluding carboxylic acids is 5. The van der Waals surface area contributed by atoms with Gasteiger partial charge in [-0.1, -0.05) is 0 Å². The molecule has 1 aromatic carbocycles. The number of rotatable bonds is 8. The molecular weight excluding hydrogens is 472 g/mol. The molecule has 1 aliphatic heterocycles. The molecule has 35 heavy (non-hydrogen) atoms. The Morgan fingerprint density at radius 1 is 0.886 bits per heavy atom. The average molecular weight is 496 g/mol. The SMILES string of the molecule is CC(=O)OC[C@H]1OC(OC(C)=O)[C@H](NC(=O)c2ccc([N+](=O)[O-])cc2)[C@@H](OC(C)=O)[C@@H]1OC(C)=O. The van der Waals surface area contributed by atoms with Crippen LogP contribution < -0.4 is 5.32 Å². The van der Waals surface area contributed by atoms with Gasteiger partial charge in [-0.2, -0.15) is 0 Å². The summed E-state index contributed by atoms with van der Waals surface area (Å²) in [6.45, 7) is 3.89. The quantitative estimate of drug-likeness (QED) is 0.226. The lowest BCUT2D eigenvalue weighted by molar-refractivity contribution is -0.384. The minimum absolute atomic E-state index is 0.00942. The van der Waals surface area contributed by atoms with E-state index in [0.717, 1.165) is 39.8 Å². The molecule has 1 aliphatic rings. The van der Waals surface area contributed by atoms with Crippen LogP contribution in [-0.4, -0.2) is 72.0 Å². The van der Waals surface area contributed by atoms with Crippen LogP contribution in [0, 0.1) is 10.1 Å². The van der Waals surface area contributed by atoms with Crippen molar-refractivity contribution in [3.63, 3.8) is 0 Å². The van der Waals surface area contributed by atoms with Gasteiger partial charge in [0.15, 0.2) is 12.2 Å². The zero-order chi connectivity index (χ0) is 26.3. The Morgan fingerprint density at radius 3 is 1.91 bits per heavy atom. The first-order valence-corrected chi connectivity index (χ1v) is 10.2. The second-order valence-corrected chi connectivity index (χ2v) is 7.41. The first-order chi connectivity index (χ1) is 16.4. The first kappa shape index (κ1) is 27.2. The molecule has 0 spiro atoms. The summed E-state index contributed by atoms with van der Waals surface area (Å²) in [4.78, 5) is 69.8. The Kier molecular flexibility index (Phi) is 9.22. The van der Waals surface area contributed by atoms with E-state index in [0.29, 0.717) is 0 Å². The van der Waals surface area contributed by atoms with E-state index >= 15 is 0 Å². The highest BCUT2D eigenvalue weighted by molar-refractivity contribution is 5.94. The van der Waals surface area contributed by atoms with Crippen LogP contribution in [0.25, 0.3) is 0 Å². The average Bonchev–Trinajstić information content (AvgIpc) is 2.75. The molecule has 14 heteroatoms. The van der Waals surface area contributed by atoms with Gasteiger partial charge in [-0.15, -0.1) is 0 Å². The van der Waals surface area contributed by atoms with Crippen LogP contribution in [0.5, 0.6) is 0 Å². The fourth-order valence-electron chi connectivity index (χ4n) is 3.29. The van der Waals surface area contributed by atoms with Crippen molar-refractivity contribution in [1.29, 1.82) is 0 Å². The molecule has 2 rings (SSSR count). The molecule has 1 N–H and O–H groups in total. The standard InChI is InChI=1S/C21H24N2O12/c1-10(24)31-9-16-18(32-11(2)25)19(33-12(3)26)17(21(35-16)34-13(4)27)22-20(28)14-5-7-15(8-6-14)23(29)30/h5-8,16-19,21H,9H2,1-4H3,(H,22,28)/t16-,17-,18-,19-,21?/m1/s1. The molecule has 0 bridgehead atoms. The van der Waals surface area contributed by atoms with Gasteiger partial charge < -0.3 is 29.0 Å². The van der Waals surface area contributed by atoms with Crippen molar-refractivity contribution in [2.45, 2.75) is 58.3 Å². The number of nitro groups is 1. The van der Waals surface area contributed by atoms with Crippen molar-refractivity contribution >= 4 is 35.5 Å².